The van der Waals surface area contributed by atoms with Gasteiger partial charge < -0.3 is 20.1 Å². The molecule has 2 amide bonds. The van der Waals surface area contributed by atoms with E-state index in [1.54, 1.807) is 28.1 Å². The van der Waals surface area contributed by atoms with Crippen LogP contribution >= 0.6 is 11.6 Å². The molecule has 10 heteroatoms. The Bertz CT molecular complexity index is 1170. The van der Waals surface area contributed by atoms with Gasteiger partial charge in [0.15, 0.2) is 5.92 Å². The first kappa shape index (κ1) is 23.6. The normalized spacial score (nSPS) is 19.2. The van der Waals surface area contributed by atoms with Gasteiger partial charge in [-0.15, -0.1) is 0 Å². The Kier molecular flexibility index (Phi) is 7.34. The largest absolute Gasteiger partial charge is 0.358 e. The number of nitrogens with one attached hydrogen (secondary N) is 2. The molecule has 0 unspecified atom stereocenters. The van der Waals surface area contributed by atoms with Crippen LogP contribution in [0.1, 0.15) is 32.1 Å². The van der Waals surface area contributed by atoms with Crippen molar-refractivity contribution in [1.29, 1.82) is 10.5 Å². The minimum absolute atomic E-state index is 0.0355. The summed E-state index contributed by atoms with van der Waals surface area (Å²) >= 11 is 6.22. The molecule has 2 saturated heterocycles. The van der Waals surface area contributed by atoms with Crippen molar-refractivity contribution in [3.05, 3.63) is 29.4 Å². The molecule has 34 heavy (non-hydrogen) atoms. The van der Waals surface area contributed by atoms with Gasteiger partial charge in [0, 0.05) is 31.2 Å². The summed E-state index contributed by atoms with van der Waals surface area (Å²) in [6.45, 7) is 1.99. The van der Waals surface area contributed by atoms with Gasteiger partial charge in [0.1, 0.15) is 11.9 Å². The average Bonchev–Trinajstić information content (AvgIpc) is 3.48. The van der Waals surface area contributed by atoms with E-state index in [0.717, 1.165) is 44.2 Å². The van der Waals surface area contributed by atoms with Gasteiger partial charge in [0.05, 0.1) is 34.9 Å². The number of aromatic amines is 1. The molecule has 2 N–H and O–H groups in total. The minimum Gasteiger partial charge on any atom is -0.358 e. The number of H-pyrrole nitrogens is 1. The summed E-state index contributed by atoms with van der Waals surface area (Å²) in [4.78, 5) is 37.0. The first-order chi connectivity index (χ1) is 16.5. The van der Waals surface area contributed by atoms with E-state index >= 15 is 0 Å². The Morgan fingerprint density at radius 1 is 1.21 bits per heavy atom. The Labute approximate surface area is 203 Å². The standard InChI is InChI=1S/C24H26ClN7O2/c25-18-14-28-22-17(18)6-5-8-19(22)29-23(16(12-26)13-27)30-20-7-1-2-11-32(24(20)34)15-21(33)31-9-3-4-10-31/h5-6,8,14,16,20,28H,1-4,7,9-11,15H2,(H,29,30)/t20-/m0/s1. The number of carbonyl (C=O) groups excluding carboxylic acids is 2. The summed E-state index contributed by atoms with van der Waals surface area (Å²) in [6.07, 6.45) is 5.65. The molecule has 2 aromatic rings. The number of hydrogen-bond donors (Lipinski definition) is 2. The van der Waals surface area contributed by atoms with Crippen molar-refractivity contribution < 1.29 is 9.59 Å². The quantitative estimate of drug-likeness (QED) is 0.502. The third-order valence-electron chi connectivity index (χ3n) is 6.29. The Morgan fingerprint density at radius 2 is 1.94 bits per heavy atom. The lowest BCUT2D eigenvalue weighted by molar-refractivity contribution is -0.140. The van der Waals surface area contributed by atoms with Crippen molar-refractivity contribution in [3.63, 3.8) is 0 Å². The monoisotopic (exact) mass is 479 g/mol. The zero-order valence-corrected chi connectivity index (χ0v) is 19.5. The van der Waals surface area contributed by atoms with E-state index in [-0.39, 0.29) is 24.2 Å². The van der Waals surface area contributed by atoms with Gasteiger partial charge in [-0.3, -0.25) is 14.6 Å². The highest BCUT2D eigenvalue weighted by Crippen LogP contribution is 2.29. The van der Waals surface area contributed by atoms with Gasteiger partial charge in [-0.25, -0.2) is 0 Å². The van der Waals surface area contributed by atoms with Crippen molar-refractivity contribution in [2.24, 2.45) is 10.9 Å². The van der Waals surface area contributed by atoms with E-state index in [4.69, 9.17) is 11.6 Å². The molecule has 2 fully saturated rings. The van der Waals surface area contributed by atoms with Gasteiger partial charge in [-0.1, -0.05) is 23.7 Å². The van der Waals surface area contributed by atoms with E-state index < -0.39 is 12.0 Å². The zero-order valence-electron chi connectivity index (χ0n) is 18.8. The van der Waals surface area contributed by atoms with Crippen molar-refractivity contribution in [2.75, 3.05) is 31.5 Å². The molecular formula is C24H26ClN7O2. The smallest absolute Gasteiger partial charge is 0.247 e. The van der Waals surface area contributed by atoms with E-state index in [9.17, 15) is 20.1 Å². The number of benzene rings is 1. The fourth-order valence-corrected chi connectivity index (χ4v) is 4.66. The second-order valence-electron chi connectivity index (χ2n) is 8.55. The second-order valence-corrected chi connectivity index (χ2v) is 8.96. The first-order valence-electron chi connectivity index (χ1n) is 11.5. The van der Waals surface area contributed by atoms with Crippen molar-refractivity contribution in [1.82, 2.24) is 14.8 Å². The molecule has 0 aliphatic carbocycles. The van der Waals surface area contributed by atoms with E-state index in [0.29, 0.717) is 29.2 Å². The van der Waals surface area contributed by atoms with Crippen molar-refractivity contribution in [3.8, 4) is 12.1 Å². The van der Waals surface area contributed by atoms with Crippen LogP contribution in [0.2, 0.25) is 5.02 Å². The third kappa shape index (κ3) is 5.00. The highest BCUT2D eigenvalue weighted by Gasteiger charge is 2.31. The number of hydrogen-bond acceptors (Lipinski definition) is 5. The number of rotatable bonds is 5. The van der Waals surface area contributed by atoms with E-state index in [1.807, 2.05) is 18.2 Å². The Balaban J connectivity index is 1.60. The molecule has 2 aliphatic rings. The van der Waals surface area contributed by atoms with Crippen molar-refractivity contribution in [2.45, 2.75) is 38.1 Å². The molecule has 0 spiro atoms. The molecule has 1 aromatic heterocycles. The van der Waals surface area contributed by atoms with Crippen LogP contribution in [0.15, 0.2) is 29.4 Å². The molecule has 0 radical (unpaired) electrons. The lowest BCUT2D eigenvalue weighted by Crippen LogP contribution is -2.45. The summed E-state index contributed by atoms with van der Waals surface area (Å²) in [5, 5.41) is 23.6. The molecule has 0 bridgehead atoms. The van der Waals surface area contributed by atoms with E-state index in [2.05, 4.69) is 15.3 Å². The van der Waals surface area contributed by atoms with Gasteiger partial charge in [-0.05, 0) is 38.2 Å². The number of carbonyl (C=O) groups is 2. The highest BCUT2D eigenvalue weighted by molar-refractivity contribution is 6.36. The lowest BCUT2D eigenvalue weighted by Gasteiger charge is -2.25. The van der Waals surface area contributed by atoms with Crippen LogP contribution in [0, 0.1) is 28.6 Å². The zero-order chi connectivity index (χ0) is 24.1. The molecule has 9 nitrogen and oxygen atoms in total. The van der Waals surface area contributed by atoms with Crippen LogP contribution in [0.3, 0.4) is 0 Å². The molecular weight excluding hydrogens is 454 g/mol. The number of nitriles is 2. The first-order valence-corrected chi connectivity index (χ1v) is 11.9. The predicted molar refractivity (Wildman–Crippen MR) is 129 cm³/mol. The molecule has 4 rings (SSSR count). The predicted octanol–water partition coefficient (Wildman–Crippen LogP) is 3.30. The Morgan fingerprint density at radius 3 is 2.68 bits per heavy atom. The fourth-order valence-electron chi connectivity index (χ4n) is 4.45. The van der Waals surface area contributed by atoms with Gasteiger partial charge in [0.2, 0.25) is 11.8 Å². The van der Waals surface area contributed by atoms with Crippen LogP contribution in [-0.2, 0) is 9.59 Å². The van der Waals surface area contributed by atoms with Gasteiger partial charge >= 0.3 is 0 Å². The SMILES string of the molecule is N#CC(C#N)C(=N[C@H]1CCCCN(CC(=O)N2CCCC2)C1=O)Nc1cccc2c(Cl)c[nH]c12. The number of fused-ring (bicyclic) bond motifs is 1. The number of likely N-dealkylation sites (tertiary alicyclic amines) is 2. The van der Waals surface area contributed by atoms with Crippen LogP contribution < -0.4 is 5.32 Å². The molecule has 176 valence electrons. The van der Waals surface area contributed by atoms with Gasteiger partial charge in [-0.2, -0.15) is 10.5 Å². The molecule has 1 atom stereocenters. The summed E-state index contributed by atoms with van der Waals surface area (Å²) < 4.78 is 0. The second kappa shape index (κ2) is 10.6. The minimum atomic E-state index is -1.18. The van der Waals surface area contributed by atoms with Crippen LogP contribution in [0.25, 0.3) is 10.9 Å². The Hall–Kier alpha value is -3.56. The number of para-hydroxylation sites is 1. The number of nitrogens with zero attached hydrogens (tertiary/aromatic N) is 5. The average molecular weight is 480 g/mol. The number of halogens is 1. The maximum atomic E-state index is 13.3. The maximum Gasteiger partial charge on any atom is 0.247 e. The number of amidine groups is 1. The summed E-state index contributed by atoms with van der Waals surface area (Å²) in [7, 11) is 0. The van der Waals surface area contributed by atoms with Crippen LogP contribution in [0.4, 0.5) is 5.69 Å². The van der Waals surface area contributed by atoms with Crippen LogP contribution in [-0.4, -0.2) is 64.7 Å². The van der Waals surface area contributed by atoms with Crippen molar-refractivity contribution >= 4 is 45.8 Å². The molecule has 0 saturated carbocycles. The molecule has 1 aromatic carbocycles. The number of anilines is 1. The molecule has 3 heterocycles. The number of amides is 2. The van der Waals surface area contributed by atoms with E-state index in [1.165, 1.54) is 0 Å². The topological polar surface area (TPSA) is 128 Å². The number of aliphatic imine (C=N–C) groups is 1. The highest BCUT2D eigenvalue weighted by atomic mass is 35.5. The maximum absolute atomic E-state index is 13.3. The number of aromatic nitrogens is 1. The fraction of sp³-hybridized carbons (Fsp3) is 0.458. The molecule has 2 aliphatic heterocycles. The lowest BCUT2D eigenvalue weighted by atomic mass is 10.1. The summed E-state index contributed by atoms with van der Waals surface area (Å²) in [6, 6.07) is 8.57. The third-order valence-corrected chi connectivity index (χ3v) is 6.60. The van der Waals surface area contributed by atoms with Gasteiger partial charge in [0.25, 0.3) is 0 Å². The van der Waals surface area contributed by atoms with Crippen LogP contribution in [0.5, 0.6) is 0 Å². The summed E-state index contributed by atoms with van der Waals surface area (Å²) in [5.41, 5.74) is 1.31. The summed E-state index contributed by atoms with van der Waals surface area (Å²) in [5.74, 6) is -1.37.